The van der Waals surface area contributed by atoms with Crippen LogP contribution < -0.4 is 5.73 Å². The summed E-state index contributed by atoms with van der Waals surface area (Å²) < 4.78 is 0. The summed E-state index contributed by atoms with van der Waals surface area (Å²) in [6.07, 6.45) is 6.38. The molecule has 2 unspecified atom stereocenters. The van der Waals surface area contributed by atoms with E-state index in [-0.39, 0.29) is 0 Å². The lowest BCUT2D eigenvalue weighted by atomic mass is 9.89. The van der Waals surface area contributed by atoms with Crippen LogP contribution in [0.1, 0.15) is 46.0 Å². The van der Waals surface area contributed by atoms with Gasteiger partial charge in [0.2, 0.25) is 0 Å². The van der Waals surface area contributed by atoms with E-state index >= 15 is 0 Å². The second-order valence-electron chi connectivity index (χ2n) is 5.61. The number of aliphatic imine (C=N–C) groups is 1. The Morgan fingerprint density at radius 3 is 2.44 bits per heavy atom. The molecule has 1 saturated carbocycles. The lowest BCUT2D eigenvalue weighted by molar-refractivity contribution is 0.202. The minimum atomic E-state index is 0.509. The molecule has 2 rings (SSSR count). The lowest BCUT2D eigenvalue weighted by Crippen LogP contribution is -2.46. The smallest absolute Gasteiger partial charge is 0.191 e. The van der Waals surface area contributed by atoms with Gasteiger partial charge in [-0.1, -0.05) is 26.7 Å². The van der Waals surface area contributed by atoms with Crippen molar-refractivity contribution in [2.45, 2.75) is 52.0 Å². The standard InChI is InChI=1S/C13H25N3/c1-10-7-8-16(9-11(10)2)13(14)15-12-5-3-4-6-12/h10-12H,3-9H2,1-2H3,(H2,14,15). The van der Waals surface area contributed by atoms with Crippen LogP contribution >= 0.6 is 0 Å². The first-order valence-corrected chi connectivity index (χ1v) is 6.75. The van der Waals surface area contributed by atoms with E-state index in [0.29, 0.717) is 6.04 Å². The number of hydrogen-bond acceptors (Lipinski definition) is 1. The Bertz CT molecular complexity index is 256. The molecule has 3 nitrogen and oxygen atoms in total. The van der Waals surface area contributed by atoms with E-state index in [1.165, 1.54) is 32.1 Å². The molecule has 0 amide bonds. The Labute approximate surface area is 99.1 Å². The van der Waals surface area contributed by atoms with Gasteiger partial charge in [0.05, 0.1) is 6.04 Å². The molecule has 0 aromatic carbocycles. The number of likely N-dealkylation sites (tertiary alicyclic amines) is 1. The van der Waals surface area contributed by atoms with Gasteiger partial charge in [0, 0.05) is 13.1 Å². The lowest BCUT2D eigenvalue weighted by Gasteiger charge is -2.36. The van der Waals surface area contributed by atoms with E-state index in [1.54, 1.807) is 0 Å². The van der Waals surface area contributed by atoms with Crippen LogP contribution in [0.4, 0.5) is 0 Å². The van der Waals surface area contributed by atoms with E-state index in [2.05, 4.69) is 23.7 Å². The fourth-order valence-corrected chi connectivity index (χ4v) is 2.77. The van der Waals surface area contributed by atoms with Gasteiger partial charge in [-0.2, -0.15) is 0 Å². The van der Waals surface area contributed by atoms with E-state index < -0.39 is 0 Å². The SMILES string of the molecule is CC1CCN(C(N)=NC2CCCC2)CC1C. The number of nitrogens with two attached hydrogens (primary N) is 1. The van der Waals surface area contributed by atoms with Gasteiger partial charge in [0.25, 0.3) is 0 Å². The summed E-state index contributed by atoms with van der Waals surface area (Å²) >= 11 is 0. The van der Waals surface area contributed by atoms with Crippen molar-refractivity contribution >= 4 is 5.96 Å². The van der Waals surface area contributed by atoms with Gasteiger partial charge in [-0.25, -0.2) is 4.99 Å². The van der Waals surface area contributed by atoms with Crippen molar-refractivity contribution in [2.24, 2.45) is 22.6 Å². The van der Waals surface area contributed by atoms with E-state index in [1.807, 2.05) is 0 Å². The third-order valence-corrected chi connectivity index (χ3v) is 4.30. The van der Waals surface area contributed by atoms with Gasteiger partial charge in [-0.3, -0.25) is 0 Å². The van der Waals surface area contributed by atoms with Crippen molar-refractivity contribution in [1.82, 2.24) is 4.90 Å². The van der Waals surface area contributed by atoms with Crippen LogP contribution in [-0.2, 0) is 0 Å². The normalized spacial score (nSPS) is 33.4. The third-order valence-electron chi connectivity index (χ3n) is 4.30. The first kappa shape index (κ1) is 11.7. The van der Waals surface area contributed by atoms with Crippen molar-refractivity contribution < 1.29 is 0 Å². The zero-order valence-electron chi connectivity index (χ0n) is 10.7. The van der Waals surface area contributed by atoms with Gasteiger partial charge < -0.3 is 10.6 Å². The van der Waals surface area contributed by atoms with Crippen LogP contribution in [0.3, 0.4) is 0 Å². The molecule has 1 heterocycles. The predicted molar refractivity (Wildman–Crippen MR) is 68.4 cm³/mol. The van der Waals surface area contributed by atoms with E-state index in [0.717, 1.165) is 30.9 Å². The maximum absolute atomic E-state index is 6.11. The van der Waals surface area contributed by atoms with Crippen LogP contribution in [0.15, 0.2) is 4.99 Å². The number of hydrogen-bond donors (Lipinski definition) is 1. The Morgan fingerprint density at radius 1 is 1.12 bits per heavy atom. The monoisotopic (exact) mass is 223 g/mol. The summed E-state index contributed by atoms with van der Waals surface area (Å²) in [4.78, 5) is 6.96. The summed E-state index contributed by atoms with van der Waals surface area (Å²) in [5, 5.41) is 0. The molecular formula is C13H25N3. The molecule has 0 aromatic heterocycles. The molecule has 3 heteroatoms. The van der Waals surface area contributed by atoms with Crippen molar-refractivity contribution in [3.05, 3.63) is 0 Å². The van der Waals surface area contributed by atoms with Gasteiger partial charge in [0.1, 0.15) is 0 Å². The third kappa shape index (κ3) is 2.69. The fourth-order valence-electron chi connectivity index (χ4n) is 2.77. The molecule has 16 heavy (non-hydrogen) atoms. The molecular weight excluding hydrogens is 198 g/mol. The Kier molecular flexibility index (Phi) is 3.72. The Morgan fingerprint density at radius 2 is 1.81 bits per heavy atom. The number of nitrogens with zero attached hydrogens (tertiary/aromatic N) is 2. The molecule has 1 aliphatic carbocycles. The first-order valence-electron chi connectivity index (χ1n) is 6.75. The molecule has 1 aliphatic heterocycles. The quantitative estimate of drug-likeness (QED) is 0.547. The number of piperidine rings is 1. The molecule has 2 aliphatic rings. The molecule has 2 atom stereocenters. The van der Waals surface area contributed by atoms with Crippen LogP contribution in [-0.4, -0.2) is 30.0 Å². The van der Waals surface area contributed by atoms with Crippen molar-refractivity contribution in [3.63, 3.8) is 0 Å². The topological polar surface area (TPSA) is 41.6 Å². The highest BCUT2D eigenvalue weighted by Gasteiger charge is 2.24. The molecule has 1 saturated heterocycles. The maximum atomic E-state index is 6.11. The summed E-state index contributed by atoms with van der Waals surface area (Å²) in [5.41, 5.74) is 6.11. The highest BCUT2D eigenvalue weighted by Crippen LogP contribution is 2.24. The number of rotatable bonds is 1. The summed E-state index contributed by atoms with van der Waals surface area (Å²) in [7, 11) is 0. The van der Waals surface area contributed by atoms with E-state index in [9.17, 15) is 0 Å². The zero-order valence-corrected chi connectivity index (χ0v) is 10.7. The second-order valence-corrected chi connectivity index (χ2v) is 5.61. The van der Waals surface area contributed by atoms with E-state index in [4.69, 9.17) is 5.73 Å². The van der Waals surface area contributed by atoms with Crippen LogP contribution in [0.5, 0.6) is 0 Å². The van der Waals surface area contributed by atoms with Gasteiger partial charge in [0.15, 0.2) is 5.96 Å². The highest BCUT2D eigenvalue weighted by atomic mass is 15.3. The minimum Gasteiger partial charge on any atom is -0.370 e. The summed E-state index contributed by atoms with van der Waals surface area (Å²) in [6.45, 7) is 6.84. The summed E-state index contributed by atoms with van der Waals surface area (Å²) in [6, 6.07) is 0.509. The predicted octanol–water partition coefficient (Wildman–Crippen LogP) is 2.22. The largest absolute Gasteiger partial charge is 0.370 e. The fraction of sp³-hybridized carbons (Fsp3) is 0.923. The Balaban J connectivity index is 1.91. The van der Waals surface area contributed by atoms with Crippen molar-refractivity contribution in [1.29, 1.82) is 0 Å². The highest BCUT2D eigenvalue weighted by molar-refractivity contribution is 5.78. The van der Waals surface area contributed by atoms with Crippen molar-refractivity contribution in [2.75, 3.05) is 13.1 Å². The maximum Gasteiger partial charge on any atom is 0.191 e. The molecule has 92 valence electrons. The molecule has 2 fully saturated rings. The average Bonchev–Trinajstić information content (AvgIpc) is 2.74. The van der Waals surface area contributed by atoms with Gasteiger partial charge in [-0.05, 0) is 31.1 Å². The molecule has 2 N–H and O–H groups in total. The second kappa shape index (κ2) is 5.07. The van der Waals surface area contributed by atoms with Crippen LogP contribution in [0.2, 0.25) is 0 Å². The van der Waals surface area contributed by atoms with Gasteiger partial charge in [-0.15, -0.1) is 0 Å². The molecule has 0 spiro atoms. The summed E-state index contributed by atoms with van der Waals surface area (Å²) in [5.74, 6) is 2.37. The van der Waals surface area contributed by atoms with Crippen LogP contribution in [0, 0.1) is 11.8 Å². The van der Waals surface area contributed by atoms with Crippen LogP contribution in [0.25, 0.3) is 0 Å². The number of guanidine groups is 1. The van der Waals surface area contributed by atoms with Gasteiger partial charge >= 0.3 is 0 Å². The van der Waals surface area contributed by atoms with Crippen molar-refractivity contribution in [3.8, 4) is 0 Å². The first-order chi connectivity index (χ1) is 7.66. The molecule has 0 bridgehead atoms. The molecule has 0 radical (unpaired) electrons. The zero-order chi connectivity index (χ0) is 11.5. The average molecular weight is 223 g/mol. The Hall–Kier alpha value is -0.730. The minimum absolute atomic E-state index is 0.509. The molecule has 0 aromatic rings.